The molecule has 0 aliphatic rings. The van der Waals surface area contributed by atoms with Crippen LogP contribution in [0, 0.1) is 6.92 Å². The van der Waals surface area contributed by atoms with Gasteiger partial charge in [-0.15, -0.1) is 0 Å². The Bertz CT molecular complexity index is 1350. The molecule has 4 aromatic carbocycles. The number of carbonyl (C=O) groups excluding carboxylic acids is 3. The largest absolute Gasteiger partial charge is 0.467 e. The van der Waals surface area contributed by atoms with Gasteiger partial charge < -0.3 is 14.4 Å². The number of benzene rings is 4. The van der Waals surface area contributed by atoms with Gasteiger partial charge in [-0.2, -0.15) is 0 Å². The number of carbonyl (C=O) groups is 3. The topological polar surface area (TPSA) is 72.9 Å². The molecule has 0 aromatic heterocycles. The Morgan fingerprint density at radius 3 is 1.92 bits per heavy atom. The lowest BCUT2D eigenvalue weighted by Gasteiger charge is -2.30. The van der Waals surface area contributed by atoms with Crippen LogP contribution in [0.5, 0.6) is 5.75 Å². The molecule has 0 radical (unpaired) electrons. The van der Waals surface area contributed by atoms with Crippen molar-refractivity contribution in [3.63, 3.8) is 0 Å². The Kier molecular flexibility index (Phi) is 8.11. The van der Waals surface area contributed by atoms with Gasteiger partial charge in [0.1, 0.15) is 5.75 Å². The number of nitrogens with zero attached hydrogens (tertiary/aromatic N) is 1. The van der Waals surface area contributed by atoms with Crippen molar-refractivity contribution in [1.82, 2.24) is 4.90 Å². The highest BCUT2D eigenvalue weighted by molar-refractivity contribution is 5.97. The summed E-state index contributed by atoms with van der Waals surface area (Å²) in [4.78, 5) is 40.7. The second-order valence-electron chi connectivity index (χ2n) is 8.53. The minimum Gasteiger partial charge on any atom is -0.467 e. The van der Waals surface area contributed by atoms with Gasteiger partial charge >= 0.3 is 11.9 Å². The maximum atomic E-state index is 13.6. The van der Waals surface area contributed by atoms with E-state index in [2.05, 4.69) is 0 Å². The molecule has 0 saturated heterocycles. The lowest BCUT2D eigenvalue weighted by atomic mass is 10.0. The number of hydrogen-bond donors (Lipinski definition) is 0. The van der Waals surface area contributed by atoms with Crippen molar-refractivity contribution in [2.75, 3.05) is 7.11 Å². The lowest BCUT2D eigenvalue weighted by Crippen LogP contribution is -2.39. The van der Waals surface area contributed by atoms with Gasteiger partial charge in [-0.05, 0) is 54.4 Å². The molecule has 6 heteroatoms. The van der Waals surface area contributed by atoms with Crippen molar-refractivity contribution < 1.29 is 23.9 Å². The van der Waals surface area contributed by atoms with Crippen molar-refractivity contribution in [3.8, 4) is 5.75 Å². The molecule has 6 nitrogen and oxygen atoms in total. The van der Waals surface area contributed by atoms with Gasteiger partial charge in [0.05, 0.1) is 12.7 Å². The number of esters is 2. The summed E-state index contributed by atoms with van der Waals surface area (Å²) in [5.41, 5.74) is 3.33. The second kappa shape index (κ2) is 11.8. The van der Waals surface area contributed by atoms with Crippen LogP contribution >= 0.6 is 0 Å². The fourth-order valence-electron chi connectivity index (χ4n) is 3.94. The monoisotopic (exact) mass is 493 g/mol. The smallest absolute Gasteiger partial charge is 0.343 e. The maximum absolute atomic E-state index is 13.6. The maximum Gasteiger partial charge on any atom is 0.343 e. The summed E-state index contributed by atoms with van der Waals surface area (Å²) in [6.07, 6.45) is 0. The molecular weight excluding hydrogens is 466 g/mol. The summed E-state index contributed by atoms with van der Waals surface area (Å²) in [6, 6.07) is 30.8. The van der Waals surface area contributed by atoms with Gasteiger partial charge in [0, 0.05) is 12.1 Å². The fourth-order valence-corrected chi connectivity index (χ4v) is 3.94. The number of methoxy groups -OCH3 is 1. The van der Waals surface area contributed by atoms with Crippen LogP contribution in [0.2, 0.25) is 0 Å². The third-order valence-corrected chi connectivity index (χ3v) is 5.91. The Morgan fingerprint density at radius 1 is 0.730 bits per heavy atom. The molecule has 186 valence electrons. The van der Waals surface area contributed by atoms with Crippen LogP contribution in [0.25, 0.3) is 0 Å². The zero-order valence-electron chi connectivity index (χ0n) is 20.7. The molecule has 1 atom stereocenters. The summed E-state index contributed by atoms with van der Waals surface area (Å²) in [6.45, 7) is 2.13. The van der Waals surface area contributed by atoms with Crippen LogP contribution in [0.3, 0.4) is 0 Å². The zero-order chi connectivity index (χ0) is 26.2. The first-order valence-corrected chi connectivity index (χ1v) is 11.8. The van der Waals surface area contributed by atoms with Crippen molar-refractivity contribution in [3.05, 3.63) is 137 Å². The molecule has 0 saturated carbocycles. The SMILES string of the molecule is COC(=O)C(c1ccc(OC(=O)c2ccc(C)cc2)cc1)N(Cc1ccccc1)C(=O)c1ccccc1. The summed E-state index contributed by atoms with van der Waals surface area (Å²) in [5, 5.41) is 0. The van der Waals surface area contributed by atoms with E-state index < -0.39 is 18.0 Å². The molecule has 1 amide bonds. The quantitative estimate of drug-likeness (QED) is 0.230. The van der Waals surface area contributed by atoms with E-state index >= 15 is 0 Å². The molecule has 0 fully saturated rings. The minimum absolute atomic E-state index is 0.193. The van der Waals surface area contributed by atoms with Crippen LogP contribution in [0.15, 0.2) is 109 Å². The lowest BCUT2D eigenvalue weighted by molar-refractivity contribution is -0.146. The van der Waals surface area contributed by atoms with Gasteiger partial charge in [0.25, 0.3) is 5.91 Å². The van der Waals surface area contributed by atoms with E-state index in [1.807, 2.05) is 55.5 Å². The van der Waals surface area contributed by atoms with Crippen LogP contribution < -0.4 is 4.74 Å². The third-order valence-electron chi connectivity index (χ3n) is 5.91. The molecule has 0 aliphatic heterocycles. The molecule has 0 N–H and O–H groups in total. The molecule has 0 aliphatic carbocycles. The number of aryl methyl sites for hydroxylation is 1. The number of rotatable bonds is 8. The molecule has 0 heterocycles. The van der Waals surface area contributed by atoms with Gasteiger partial charge in [-0.25, -0.2) is 9.59 Å². The number of amides is 1. The number of hydrogen-bond acceptors (Lipinski definition) is 5. The Labute approximate surface area is 216 Å². The molecular formula is C31H27NO5. The Balaban J connectivity index is 1.64. The average Bonchev–Trinajstić information content (AvgIpc) is 2.94. The van der Waals surface area contributed by atoms with E-state index in [0.29, 0.717) is 22.4 Å². The summed E-state index contributed by atoms with van der Waals surface area (Å²) < 4.78 is 10.6. The third kappa shape index (κ3) is 6.30. The highest BCUT2D eigenvalue weighted by Crippen LogP contribution is 2.28. The van der Waals surface area contributed by atoms with Crippen LogP contribution in [0.4, 0.5) is 0 Å². The van der Waals surface area contributed by atoms with Crippen molar-refractivity contribution >= 4 is 17.8 Å². The first-order valence-electron chi connectivity index (χ1n) is 11.8. The highest BCUT2D eigenvalue weighted by Gasteiger charge is 2.33. The van der Waals surface area contributed by atoms with Gasteiger partial charge in [-0.1, -0.05) is 78.4 Å². The van der Waals surface area contributed by atoms with E-state index in [4.69, 9.17) is 9.47 Å². The fraction of sp³-hybridized carbons (Fsp3) is 0.129. The summed E-state index contributed by atoms with van der Waals surface area (Å²) in [7, 11) is 1.29. The van der Waals surface area contributed by atoms with Crippen LogP contribution in [0.1, 0.15) is 43.4 Å². The van der Waals surface area contributed by atoms with Crippen molar-refractivity contribution in [2.24, 2.45) is 0 Å². The molecule has 4 rings (SSSR count). The minimum atomic E-state index is -1.01. The molecule has 0 spiro atoms. The highest BCUT2D eigenvalue weighted by atomic mass is 16.5. The van der Waals surface area contributed by atoms with Crippen LogP contribution in [-0.4, -0.2) is 29.9 Å². The van der Waals surface area contributed by atoms with Gasteiger partial charge in [0.2, 0.25) is 0 Å². The summed E-state index contributed by atoms with van der Waals surface area (Å²) >= 11 is 0. The number of ether oxygens (including phenoxy) is 2. The van der Waals surface area contributed by atoms with Gasteiger partial charge in [0.15, 0.2) is 6.04 Å². The van der Waals surface area contributed by atoms with E-state index in [-0.39, 0.29) is 12.5 Å². The normalized spacial score (nSPS) is 11.3. The predicted molar refractivity (Wildman–Crippen MR) is 140 cm³/mol. The second-order valence-corrected chi connectivity index (χ2v) is 8.53. The van der Waals surface area contributed by atoms with E-state index in [9.17, 15) is 14.4 Å². The molecule has 37 heavy (non-hydrogen) atoms. The first kappa shape index (κ1) is 25.4. The first-order chi connectivity index (χ1) is 18.0. The zero-order valence-corrected chi connectivity index (χ0v) is 20.7. The molecule has 1 unspecified atom stereocenters. The van der Waals surface area contributed by atoms with E-state index in [1.165, 1.54) is 12.0 Å². The van der Waals surface area contributed by atoms with Crippen molar-refractivity contribution in [1.29, 1.82) is 0 Å². The Hall–Kier alpha value is -4.71. The Morgan fingerprint density at radius 2 is 1.32 bits per heavy atom. The average molecular weight is 494 g/mol. The predicted octanol–water partition coefficient (Wildman–Crippen LogP) is 5.77. The van der Waals surface area contributed by atoms with E-state index in [1.54, 1.807) is 60.7 Å². The molecule has 4 aromatic rings. The standard InChI is InChI=1S/C31H27NO5/c1-22-13-15-26(16-14-22)30(34)37-27-19-17-24(18-20-27)28(31(35)36-2)32(21-23-9-5-3-6-10-23)29(33)25-11-7-4-8-12-25/h3-20,28H,21H2,1-2H3. The summed E-state index contributed by atoms with van der Waals surface area (Å²) in [5.74, 6) is -1.05. The van der Waals surface area contributed by atoms with Crippen LogP contribution in [-0.2, 0) is 16.1 Å². The molecule has 0 bridgehead atoms. The van der Waals surface area contributed by atoms with E-state index in [0.717, 1.165) is 11.1 Å². The van der Waals surface area contributed by atoms with Gasteiger partial charge in [-0.3, -0.25) is 4.79 Å². The van der Waals surface area contributed by atoms with Crippen molar-refractivity contribution in [2.45, 2.75) is 19.5 Å².